The van der Waals surface area contributed by atoms with Crippen molar-refractivity contribution in [3.05, 3.63) is 81.6 Å². The van der Waals surface area contributed by atoms with Gasteiger partial charge >= 0.3 is 11.9 Å². The highest BCUT2D eigenvalue weighted by Gasteiger charge is 2.20. The van der Waals surface area contributed by atoms with E-state index in [1.165, 1.54) is 62.8 Å². The molecule has 0 saturated carbocycles. The average Bonchev–Trinajstić information content (AvgIpc) is 3.28. The number of esters is 2. The van der Waals surface area contributed by atoms with Crippen LogP contribution >= 0.6 is 0 Å². The number of carbonyl (C=O) groups is 3. The number of nitrogens with one attached hydrogen (secondary N) is 1. The number of para-hydroxylation sites is 1. The Morgan fingerprint density at radius 3 is 2.13 bits per heavy atom. The Kier molecular flexibility index (Phi) is 6.10. The molecule has 0 radical (unpaired) electrons. The quantitative estimate of drug-likeness (QED) is 0.359. The lowest BCUT2D eigenvalue weighted by Crippen LogP contribution is -2.13. The number of furan rings is 1. The molecule has 0 aliphatic carbocycles. The maximum absolute atomic E-state index is 12.6. The van der Waals surface area contributed by atoms with Crippen LogP contribution in [0.4, 0.5) is 11.4 Å². The van der Waals surface area contributed by atoms with E-state index in [2.05, 4.69) is 14.8 Å². The zero-order valence-electron chi connectivity index (χ0n) is 16.4. The lowest BCUT2D eigenvalue weighted by atomic mass is 10.1. The summed E-state index contributed by atoms with van der Waals surface area (Å²) in [5.41, 5.74) is 0.225. The molecule has 3 aromatic rings. The Bertz CT molecular complexity index is 1150. The van der Waals surface area contributed by atoms with Crippen molar-refractivity contribution in [2.45, 2.75) is 0 Å². The molecule has 0 aliphatic heterocycles. The van der Waals surface area contributed by atoms with Gasteiger partial charge in [0.05, 0.1) is 35.8 Å². The predicted molar refractivity (Wildman–Crippen MR) is 108 cm³/mol. The molecule has 0 bridgehead atoms. The molecule has 0 saturated heterocycles. The number of nitro groups is 1. The van der Waals surface area contributed by atoms with Crippen LogP contribution in [0.3, 0.4) is 0 Å². The third kappa shape index (κ3) is 4.58. The molecule has 0 aliphatic rings. The van der Waals surface area contributed by atoms with Crippen LogP contribution in [0.15, 0.2) is 59.0 Å². The van der Waals surface area contributed by atoms with Gasteiger partial charge < -0.3 is 19.2 Å². The van der Waals surface area contributed by atoms with E-state index in [-0.39, 0.29) is 39.6 Å². The van der Waals surface area contributed by atoms with Gasteiger partial charge in [0.15, 0.2) is 5.76 Å². The van der Waals surface area contributed by atoms with Crippen LogP contribution in [0, 0.1) is 10.1 Å². The van der Waals surface area contributed by atoms with Crippen molar-refractivity contribution in [1.82, 2.24) is 0 Å². The van der Waals surface area contributed by atoms with Gasteiger partial charge in [-0.25, -0.2) is 9.59 Å². The average molecular weight is 424 g/mol. The molecule has 10 nitrogen and oxygen atoms in total. The molecule has 10 heteroatoms. The van der Waals surface area contributed by atoms with Gasteiger partial charge in [0.1, 0.15) is 5.76 Å². The lowest BCUT2D eigenvalue weighted by Gasteiger charge is -2.08. The first-order valence-electron chi connectivity index (χ1n) is 8.80. The fourth-order valence-corrected chi connectivity index (χ4v) is 2.81. The number of nitrogens with zero attached hydrogens (tertiary/aromatic N) is 1. The van der Waals surface area contributed by atoms with Crippen LogP contribution in [-0.4, -0.2) is 37.0 Å². The Labute approximate surface area is 175 Å². The number of nitro benzene ring substituents is 1. The summed E-state index contributed by atoms with van der Waals surface area (Å²) in [5, 5.41) is 13.7. The molecule has 3 rings (SSSR count). The zero-order chi connectivity index (χ0) is 22.5. The second-order valence-corrected chi connectivity index (χ2v) is 6.17. The maximum atomic E-state index is 12.6. The molecule has 1 N–H and O–H groups in total. The fraction of sp³-hybridized carbons (Fsp3) is 0.0952. The summed E-state index contributed by atoms with van der Waals surface area (Å²) in [5.74, 6) is -2.11. The molecule has 0 spiro atoms. The number of methoxy groups -OCH3 is 2. The summed E-state index contributed by atoms with van der Waals surface area (Å²) < 4.78 is 14.8. The summed E-state index contributed by atoms with van der Waals surface area (Å²) in [6, 6.07) is 12.7. The van der Waals surface area contributed by atoms with Crippen LogP contribution in [0.2, 0.25) is 0 Å². The van der Waals surface area contributed by atoms with Crippen molar-refractivity contribution in [3.8, 4) is 11.3 Å². The predicted octanol–water partition coefficient (Wildman–Crippen LogP) is 3.68. The van der Waals surface area contributed by atoms with E-state index in [0.29, 0.717) is 0 Å². The standard InChI is InChI=1S/C21H16N2O8/c1-29-20(25)12-9-13(21(26)30-2)11-14(10-12)22-19(24)18-8-7-17(31-18)15-5-3-4-6-16(15)23(27)28/h3-11H,1-2H3,(H,22,24). The van der Waals surface area contributed by atoms with E-state index in [1.807, 2.05) is 0 Å². The normalized spacial score (nSPS) is 10.3. The highest BCUT2D eigenvalue weighted by molar-refractivity contribution is 6.04. The van der Waals surface area contributed by atoms with Crippen molar-refractivity contribution >= 4 is 29.2 Å². The Morgan fingerprint density at radius 1 is 0.935 bits per heavy atom. The van der Waals surface area contributed by atoms with Gasteiger partial charge in [0, 0.05) is 11.8 Å². The van der Waals surface area contributed by atoms with Gasteiger partial charge in [-0.15, -0.1) is 0 Å². The summed E-state index contributed by atoms with van der Waals surface area (Å²) in [6.07, 6.45) is 0. The summed E-state index contributed by atoms with van der Waals surface area (Å²) >= 11 is 0. The first-order valence-corrected chi connectivity index (χ1v) is 8.80. The molecular weight excluding hydrogens is 408 g/mol. The second kappa shape index (κ2) is 8.91. The van der Waals surface area contributed by atoms with E-state index in [1.54, 1.807) is 6.07 Å². The van der Waals surface area contributed by atoms with E-state index in [9.17, 15) is 24.5 Å². The van der Waals surface area contributed by atoms with Crippen LogP contribution in [0.5, 0.6) is 0 Å². The van der Waals surface area contributed by atoms with E-state index < -0.39 is 22.8 Å². The lowest BCUT2D eigenvalue weighted by molar-refractivity contribution is -0.384. The van der Waals surface area contributed by atoms with Crippen molar-refractivity contribution < 1.29 is 33.2 Å². The molecular formula is C21H16N2O8. The van der Waals surface area contributed by atoms with Crippen LogP contribution in [0.1, 0.15) is 31.3 Å². The number of hydrogen-bond acceptors (Lipinski definition) is 8. The topological polar surface area (TPSA) is 138 Å². The third-order valence-corrected chi connectivity index (χ3v) is 4.23. The number of anilines is 1. The minimum atomic E-state index is -0.710. The third-order valence-electron chi connectivity index (χ3n) is 4.23. The van der Waals surface area contributed by atoms with Crippen molar-refractivity contribution in [2.24, 2.45) is 0 Å². The van der Waals surface area contributed by atoms with Gasteiger partial charge in [0.25, 0.3) is 11.6 Å². The van der Waals surface area contributed by atoms with Crippen LogP contribution < -0.4 is 5.32 Å². The SMILES string of the molecule is COC(=O)c1cc(NC(=O)c2ccc(-c3ccccc3[N+](=O)[O-])o2)cc(C(=O)OC)c1. The van der Waals surface area contributed by atoms with Crippen molar-refractivity contribution in [2.75, 3.05) is 19.5 Å². The van der Waals surface area contributed by atoms with Crippen molar-refractivity contribution in [3.63, 3.8) is 0 Å². The van der Waals surface area contributed by atoms with Crippen LogP contribution in [0.25, 0.3) is 11.3 Å². The van der Waals surface area contributed by atoms with E-state index >= 15 is 0 Å². The molecule has 1 amide bonds. The van der Waals surface area contributed by atoms with Gasteiger partial charge in [-0.1, -0.05) is 12.1 Å². The molecule has 1 heterocycles. The van der Waals surface area contributed by atoms with E-state index in [4.69, 9.17) is 4.42 Å². The number of hydrogen-bond donors (Lipinski definition) is 1. The molecule has 158 valence electrons. The van der Waals surface area contributed by atoms with Gasteiger partial charge in [-0.3, -0.25) is 14.9 Å². The van der Waals surface area contributed by atoms with Crippen LogP contribution in [-0.2, 0) is 9.47 Å². The highest BCUT2D eigenvalue weighted by Crippen LogP contribution is 2.31. The number of rotatable bonds is 6. The maximum Gasteiger partial charge on any atom is 0.337 e. The Balaban J connectivity index is 1.90. The minimum Gasteiger partial charge on any atom is -0.465 e. The number of ether oxygens (including phenoxy) is 2. The molecule has 0 atom stereocenters. The first-order chi connectivity index (χ1) is 14.8. The number of benzene rings is 2. The Morgan fingerprint density at radius 2 is 1.55 bits per heavy atom. The van der Waals surface area contributed by atoms with Crippen molar-refractivity contribution in [1.29, 1.82) is 0 Å². The molecule has 2 aromatic carbocycles. The van der Waals surface area contributed by atoms with Gasteiger partial charge in [-0.2, -0.15) is 0 Å². The molecule has 1 aromatic heterocycles. The summed E-state index contributed by atoms with van der Waals surface area (Å²) in [6.45, 7) is 0. The number of amides is 1. The molecule has 0 unspecified atom stereocenters. The minimum absolute atomic E-state index is 0.0285. The summed E-state index contributed by atoms with van der Waals surface area (Å²) in [7, 11) is 2.36. The molecule has 0 fully saturated rings. The van der Waals surface area contributed by atoms with Gasteiger partial charge in [0.2, 0.25) is 0 Å². The smallest absolute Gasteiger partial charge is 0.337 e. The first kappa shape index (κ1) is 21.2. The number of carbonyl (C=O) groups excluding carboxylic acids is 3. The van der Waals surface area contributed by atoms with E-state index in [0.717, 1.165) is 0 Å². The largest absolute Gasteiger partial charge is 0.465 e. The van der Waals surface area contributed by atoms with Gasteiger partial charge in [-0.05, 0) is 36.4 Å². The summed E-state index contributed by atoms with van der Waals surface area (Å²) in [4.78, 5) is 47.0. The second-order valence-electron chi connectivity index (χ2n) is 6.17. The molecule has 31 heavy (non-hydrogen) atoms. The Hall–Kier alpha value is -4.47. The zero-order valence-corrected chi connectivity index (χ0v) is 16.4. The highest BCUT2D eigenvalue weighted by atomic mass is 16.6. The fourth-order valence-electron chi connectivity index (χ4n) is 2.81. The monoisotopic (exact) mass is 424 g/mol.